The second-order valence-electron chi connectivity index (χ2n) is 19.8. The number of benzene rings is 1. The zero-order valence-corrected chi connectivity index (χ0v) is 38.1. The summed E-state index contributed by atoms with van der Waals surface area (Å²) in [6.45, 7) is 10.6. The van der Waals surface area contributed by atoms with Gasteiger partial charge in [0.15, 0.2) is 11.8 Å². The topological polar surface area (TPSA) is 195 Å². The fourth-order valence-electron chi connectivity index (χ4n) is 10.4. The highest BCUT2D eigenvalue weighted by atomic mass is 16.8. The Hall–Kier alpha value is -3.44. The fourth-order valence-corrected chi connectivity index (χ4v) is 10.4. The number of nitrogens with one attached hydrogen (secondary N) is 2. The van der Waals surface area contributed by atoms with E-state index in [2.05, 4.69) is 36.6 Å². The van der Waals surface area contributed by atoms with Crippen molar-refractivity contribution in [2.45, 2.75) is 210 Å². The molecule has 0 radical (unpaired) electrons. The molecule has 4 aliphatic heterocycles. The van der Waals surface area contributed by atoms with Gasteiger partial charge in [-0.25, -0.2) is 0 Å². The van der Waals surface area contributed by atoms with Gasteiger partial charge in [0.2, 0.25) is 11.8 Å². The second-order valence-corrected chi connectivity index (χ2v) is 19.8. The van der Waals surface area contributed by atoms with Crippen LogP contribution in [0.2, 0.25) is 0 Å². The largest absolute Gasteiger partial charge is 0.460 e. The van der Waals surface area contributed by atoms with Gasteiger partial charge in [-0.1, -0.05) is 75.9 Å². The van der Waals surface area contributed by atoms with Crippen molar-refractivity contribution in [2.75, 3.05) is 6.61 Å². The number of ether oxygens (including phenoxy) is 5. The van der Waals surface area contributed by atoms with Crippen LogP contribution in [0.15, 0.2) is 30.3 Å². The highest BCUT2D eigenvalue weighted by molar-refractivity contribution is 5.96. The van der Waals surface area contributed by atoms with Crippen LogP contribution in [-0.2, 0) is 54.2 Å². The summed E-state index contributed by atoms with van der Waals surface area (Å²) in [7, 11) is 0. The SMILES string of the molecule is CCCCCC1(CCCCC)O[C@@H]2[C@H]3ON(Cc4cccc(C=CC5CCC6OC6C5)c4)[C@H]4C(=O)OC(CC34C(=O)N[C@@H](C(=O)N[C@H](CO)CCC(=O)OC(C)(C)C)[C@H](C)O)[C@@H]2O1. The van der Waals surface area contributed by atoms with Crippen LogP contribution in [0.5, 0.6) is 0 Å². The van der Waals surface area contributed by atoms with E-state index in [1.807, 2.05) is 24.3 Å². The average molecular weight is 882 g/mol. The number of rotatable bonds is 21. The molecule has 2 aliphatic carbocycles. The smallest absolute Gasteiger partial charge is 0.327 e. The molecule has 5 unspecified atom stereocenters. The monoisotopic (exact) mass is 882 g/mol. The summed E-state index contributed by atoms with van der Waals surface area (Å²) in [6, 6.07) is 4.41. The molecule has 6 aliphatic rings. The first-order chi connectivity index (χ1) is 30.1. The van der Waals surface area contributed by atoms with Crippen molar-refractivity contribution >= 4 is 29.8 Å². The molecular formula is C48H71N3O12. The minimum absolute atomic E-state index is 0.0416. The Morgan fingerprint density at radius 2 is 1.73 bits per heavy atom. The molecule has 2 saturated carbocycles. The first kappa shape index (κ1) is 47.5. The molecule has 4 heterocycles. The normalized spacial score (nSPS) is 32.0. The maximum Gasteiger partial charge on any atom is 0.327 e. The van der Waals surface area contributed by atoms with Crippen LogP contribution < -0.4 is 10.6 Å². The van der Waals surface area contributed by atoms with Crippen LogP contribution >= 0.6 is 0 Å². The minimum Gasteiger partial charge on any atom is -0.460 e. The van der Waals surface area contributed by atoms with Gasteiger partial charge in [0, 0.05) is 25.7 Å². The number of amides is 2. The lowest BCUT2D eigenvalue weighted by Crippen LogP contribution is -2.71. The van der Waals surface area contributed by atoms with Crippen LogP contribution in [0.3, 0.4) is 0 Å². The summed E-state index contributed by atoms with van der Waals surface area (Å²) in [6.07, 6.45) is 10.7. The standard InChI is InChI=1S/C48H71N3O12/c1-7-9-11-22-47(23-12-10-8-2)61-39-36-26-48(45(57)50-38(29(3)53)43(55)49-33(28-52)19-21-37(54)60-46(4,5)6)41(44(56)59-36)51(63-42(48)40(39)62-47)27-32-15-13-14-30(24-32)16-17-31-18-20-34-35(25-31)58-34/h13-17,24,29,31,33-36,38-42,52-53H,7-12,18-23,25-28H2,1-6H3,(H,49,55)(H,50,57)/t29-,31?,33-,34?,35?,36?,38+,39-,40-,41-,42+,48?/m0/s1. The van der Waals surface area contributed by atoms with Gasteiger partial charge >= 0.3 is 11.9 Å². The van der Waals surface area contributed by atoms with E-state index in [1.165, 1.54) is 12.0 Å². The Morgan fingerprint density at radius 1 is 1.00 bits per heavy atom. The molecule has 6 fully saturated rings. The maximum atomic E-state index is 15.2. The van der Waals surface area contributed by atoms with Crippen LogP contribution in [0.25, 0.3) is 6.08 Å². The van der Waals surface area contributed by atoms with Crippen molar-refractivity contribution in [3.8, 4) is 0 Å². The summed E-state index contributed by atoms with van der Waals surface area (Å²) < 4.78 is 31.2. The minimum atomic E-state index is -1.60. The van der Waals surface area contributed by atoms with Crippen LogP contribution in [0.4, 0.5) is 0 Å². The van der Waals surface area contributed by atoms with E-state index in [0.717, 1.165) is 68.9 Å². The van der Waals surface area contributed by atoms with Gasteiger partial charge in [0.05, 0.1) is 37.5 Å². The van der Waals surface area contributed by atoms with Crippen molar-refractivity contribution in [3.63, 3.8) is 0 Å². The molecule has 4 saturated heterocycles. The van der Waals surface area contributed by atoms with Crippen molar-refractivity contribution in [2.24, 2.45) is 11.3 Å². The number of nitrogens with zero attached hydrogens (tertiary/aromatic N) is 1. The lowest BCUT2D eigenvalue weighted by atomic mass is 9.62. The average Bonchev–Trinajstić information content (AvgIpc) is 3.78. The van der Waals surface area contributed by atoms with Crippen LogP contribution in [0, 0.1) is 11.3 Å². The summed E-state index contributed by atoms with van der Waals surface area (Å²) in [4.78, 5) is 62.8. The molecule has 0 spiro atoms. The van der Waals surface area contributed by atoms with Gasteiger partial charge in [-0.3, -0.25) is 24.0 Å². The van der Waals surface area contributed by atoms with Gasteiger partial charge in [0.25, 0.3) is 0 Å². The lowest BCUT2D eigenvalue weighted by Gasteiger charge is -2.49. The Balaban J connectivity index is 1.16. The molecule has 63 heavy (non-hydrogen) atoms. The summed E-state index contributed by atoms with van der Waals surface area (Å²) >= 11 is 0. The van der Waals surface area contributed by atoms with Gasteiger partial charge < -0.3 is 44.5 Å². The third-order valence-corrected chi connectivity index (χ3v) is 13.6. The van der Waals surface area contributed by atoms with Crippen molar-refractivity contribution < 1.29 is 57.9 Å². The first-order valence-corrected chi connectivity index (χ1v) is 23.6. The zero-order valence-electron chi connectivity index (χ0n) is 38.1. The second kappa shape index (κ2) is 20.0. The Morgan fingerprint density at radius 3 is 2.40 bits per heavy atom. The predicted octanol–water partition coefficient (Wildman–Crippen LogP) is 5.17. The van der Waals surface area contributed by atoms with Gasteiger partial charge in [0.1, 0.15) is 41.5 Å². The molecule has 0 aromatic heterocycles. The number of hydrogen-bond donors (Lipinski definition) is 4. The number of carbonyl (C=O) groups is 4. The third-order valence-electron chi connectivity index (χ3n) is 13.6. The molecule has 15 nitrogen and oxygen atoms in total. The molecule has 4 N–H and O–H groups in total. The van der Waals surface area contributed by atoms with E-state index >= 15 is 4.79 Å². The number of aliphatic hydroxyl groups is 2. The first-order valence-electron chi connectivity index (χ1n) is 23.6. The summed E-state index contributed by atoms with van der Waals surface area (Å²) in [5, 5.41) is 28.2. The Bertz CT molecular complexity index is 1810. The van der Waals surface area contributed by atoms with E-state index in [4.69, 9.17) is 28.5 Å². The summed E-state index contributed by atoms with van der Waals surface area (Å²) in [5.41, 5.74) is -0.454. The number of carbonyl (C=O) groups excluding carboxylic acids is 4. The third kappa shape index (κ3) is 10.8. The molecule has 12 atom stereocenters. The van der Waals surface area contributed by atoms with E-state index in [9.17, 15) is 24.6 Å². The van der Waals surface area contributed by atoms with Gasteiger partial charge in [-0.05, 0) is 83.3 Å². The number of aliphatic hydroxyl groups excluding tert-OH is 2. The predicted molar refractivity (Wildman–Crippen MR) is 231 cm³/mol. The number of esters is 2. The Labute approximate surface area is 372 Å². The molecule has 2 amide bonds. The van der Waals surface area contributed by atoms with E-state index < -0.39 is 95.8 Å². The number of hydroxylamine groups is 2. The highest BCUT2D eigenvalue weighted by Crippen LogP contribution is 2.58. The fraction of sp³-hybridized carbons (Fsp3) is 0.750. The van der Waals surface area contributed by atoms with Crippen LogP contribution in [0.1, 0.15) is 143 Å². The quantitative estimate of drug-likeness (QED) is 0.0719. The molecule has 2 bridgehead atoms. The van der Waals surface area contributed by atoms with E-state index in [-0.39, 0.29) is 25.8 Å². The van der Waals surface area contributed by atoms with E-state index in [1.54, 1.807) is 20.8 Å². The van der Waals surface area contributed by atoms with Crippen molar-refractivity contribution in [1.82, 2.24) is 15.7 Å². The van der Waals surface area contributed by atoms with E-state index in [0.29, 0.717) is 31.0 Å². The molecule has 15 heteroatoms. The zero-order chi connectivity index (χ0) is 45.1. The number of epoxide rings is 1. The number of fused-ring (bicyclic) bond motifs is 5. The van der Waals surface area contributed by atoms with Gasteiger partial charge in [-0.15, -0.1) is 0 Å². The van der Waals surface area contributed by atoms with Crippen LogP contribution in [-0.4, -0.2) is 118 Å². The molecule has 7 rings (SSSR count). The molecule has 350 valence electrons. The summed E-state index contributed by atoms with van der Waals surface area (Å²) in [5.74, 6) is -3.08. The lowest BCUT2D eigenvalue weighted by molar-refractivity contribution is -0.224. The number of hydrogen-bond acceptors (Lipinski definition) is 13. The number of allylic oxidation sites excluding steroid dienone is 1. The van der Waals surface area contributed by atoms with Gasteiger partial charge in [-0.2, -0.15) is 5.06 Å². The number of unbranched alkanes of at least 4 members (excludes halogenated alkanes) is 4. The van der Waals surface area contributed by atoms with Crippen molar-refractivity contribution in [1.29, 1.82) is 0 Å². The van der Waals surface area contributed by atoms with Crippen molar-refractivity contribution in [3.05, 3.63) is 41.5 Å². The molecular weight excluding hydrogens is 811 g/mol. The molecule has 1 aromatic carbocycles. The maximum absolute atomic E-state index is 15.2. The Kier molecular flexibility index (Phi) is 15.1. The highest BCUT2D eigenvalue weighted by Gasteiger charge is 2.76. The molecule has 1 aromatic rings.